The minimum atomic E-state index is -0.109. The van der Waals surface area contributed by atoms with E-state index in [9.17, 15) is 5.11 Å². The molecule has 1 aromatic heterocycles. The number of aryl methyl sites for hydroxylation is 2. The highest BCUT2D eigenvalue weighted by molar-refractivity contribution is 6.31. The van der Waals surface area contributed by atoms with E-state index in [-0.39, 0.29) is 6.10 Å². The Morgan fingerprint density at radius 1 is 1.41 bits per heavy atom. The molecule has 0 bridgehead atoms. The Balaban J connectivity index is 2.16. The lowest BCUT2D eigenvalue weighted by Crippen LogP contribution is -2.09. The van der Waals surface area contributed by atoms with Gasteiger partial charge in [-0.05, 0) is 44.9 Å². The number of hydrogen-bond donors (Lipinski definition) is 1. The molecule has 2 rings (SSSR count). The van der Waals surface area contributed by atoms with Gasteiger partial charge in [-0.2, -0.15) is 5.10 Å². The fourth-order valence-corrected chi connectivity index (χ4v) is 3.07. The topological polar surface area (TPSA) is 38.0 Å². The molecule has 1 heterocycles. The van der Waals surface area contributed by atoms with Crippen LogP contribution < -0.4 is 0 Å². The number of hydrogen-bond acceptors (Lipinski definition) is 2. The van der Waals surface area contributed by atoms with Gasteiger partial charge in [0.15, 0.2) is 0 Å². The largest absolute Gasteiger partial charge is 0.393 e. The van der Waals surface area contributed by atoms with Crippen molar-refractivity contribution in [2.45, 2.75) is 58.6 Å². The lowest BCUT2D eigenvalue weighted by Gasteiger charge is -2.11. The fraction of sp³-hybridized carbons (Fsp3) is 0.769. The van der Waals surface area contributed by atoms with Crippen LogP contribution in [-0.4, -0.2) is 21.0 Å². The summed E-state index contributed by atoms with van der Waals surface area (Å²) < 4.78 is 2.02. The molecule has 17 heavy (non-hydrogen) atoms. The predicted molar refractivity (Wildman–Crippen MR) is 69.3 cm³/mol. The van der Waals surface area contributed by atoms with Gasteiger partial charge in [0.1, 0.15) is 0 Å². The molecule has 0 amide bonds. The minimum Gasteiger partial charge on any atom is -0.393 e. The van der Waals surface area contributed by atoms with Crippen LogP contribution in [0.25, 0.3) is 0 Å². The zero-order valence-corrected chi connectivity index (χ0v) is 11.4. The average Bonchev–Trinajstić information content (AvgIpc) is 2.85. The van der Waals surface area contributed by atoms with Crippen LogP contribution in [0.2, 0.25) is 5.02 Å². The van der Waals surface area contributed by atoms with Crippen LogP contribution in [0.15, 0.2) is 0 Å². The first-order valence-corrected chi connectivity index (χ1v) is 6.95. The summed E-state index contributed by atoms with van der Waals surface area (Å²) in [5.74, 6) is 0.564. The van der Waals surface area contributed by atoms with Crippen LogP contribution >= 0.6 is 11.6 Å². The van der Waals surface area contributed by atoms with E-state index in [1.165, 1.54) is 0 Å². The van der Waals surface area contributed by atoms with Crippen LogP contribution in [0.4, 0.5) is 0 Å². The molecule has 1 fully saturated rings. The van der Waals surface area contributed by atoms with Crippen molar-refractivity contribution < 1.29 is 5.11 Å². The third kappa shape index (κ3) is 2.66. The molecule has 2 unspecified atom stereocenters. The Morgan fingerprint density at radius 3 is 2.71 bits per heavy atom. The molecule has 3 nitrogen and oxygen atoms in total. The third-order valence-corrected chi connectivity index (χ3v) is 4.13. The van der Waals surface area contributed by atoms with Crippen molar-refractivity contribution in [1.82, 2.24) is 9.78 Å². The van der Waals surface area contributed by atoms with Crippen molar-refractivity contribution >= 4 is 11.6 Å². The van der Waals surface area contributed by atoms with Gasteiger partial charge in [-0.25, -0.2) is 0 Å². The van der Waals surface area contributed by atoms with Crippen LogP contribution in [-0.2, 0) is 19.4 Å². The molecule has 0 aromatic carbocycles. The first kappa shape index (κ1) is 12.9. The second-order valence-electron chi connectivity index (χ2n) is 4.91. The highest BCUT2D eigenvalue weighted by Crippen LogP contribution is 2.32. The van der Waals surface area contributed by atoms with E-state index < -0.39 is 0 Å². The van der Waals surface area contributed by atoms with E-state index in [0.717, 1.165) is 55.1 Å². The average molecular weight is 257 g/mol. The maximum Gasteiger partial charge on any atom is 0.0849 e. The zero-order valence-electron chi connectivity index (χ0n) is 10.6. The smallest absolute Gasteiger partial charge is 0.0849 e. The lowest BCUT2D eigenvalue weighted by atomic mass is 10.0. The maximum absolute atomic E-state index is 9.57. The van der Waals surface area contributed by atoms with Crippen molar-refractivity contribution in [3.8, 4) is 0 Å². The summed E-state index contributed by atoms with van der Waals surface area (Å²) in [6.07, 6.45) is 4.68. The normalized spacial score (nSPS) is 24.5. The van der Waals surface area contributed by atoms with Crippen LogP contribution in [0.1, 0.15) is 44.5 Å². The molecule has 1 aliphatic rings. The number of nitrogens with zero attached hydrogens (tertiary/aromatic N) is 2. The van der Waals surface area contributed by atoms with Crippen molar-refractivity contribution in [3.05, 3.63) is 16.4 Å². The number of aliphatic hydroxyl groups excluding tert-OH is 1. The van der Waals surface area contributed by atoms with Gasteiger partial charge in [-0.15, -0.1) is 0 Å². The highest BCUT2D eigenvalue weighted by atomic mass is 35.5. The van der Waals surface area contributed by atoms with E-state index >= 15 is 0 Å². The van der Waals surface area contributed by atoms with E-state index in [2.05, 4.69) is 18.9 Å². The van der Waals surface area contributed by atoms with Gasteiger partial charge in [0.2, 0.25) is 0 Å². The van der Waals surface area contributed by atoms with E-state index in [0.29, 0.717) is 5.92 Å². The Bertz CT molecular complexity index is 389. The first-order chi connectivity index (χ1) is 8.15. The summed E-state index contributed by atoms with van der Waals surface area (Å²) >= 11 is 6.38. The SMILES string of the molecule is CCc1nn(CC)c(CC2CCC(O)C2)c1Cl. The quantitative estimate of drug-likeness (QED) is 0.900. The Labute approximate surface area is 108 Å². The number of rotatable bonds is 4. The second kappa shape index (κ2) is 5.40. The molecular weight excluding hydrogens is 236 g/mol. The second-order valence-corrected chi connectivity index (χ2v) is 5.29. The molecular formula is C13H21ClN2O. The molecule has 1 saturated carbocycles. The van der Waals surface area contributed by atoms with Gasteiger partial charge >= 0.3 is 0 Å². The first-order valence-electron chi connectivity index (χ1n) is 6.57. The fourth-order valence-electron chi connectivity index (χ4n) is 2.72. The van der Waals surface area contributed by atoms with Gasteiger partial charge < -0.3 is 5.11 Å². The summed E-state index contributed by atoms with van der Waals surface area (Å²) in [7, 11) is 0. The molecule has 1 aromatic rings. The molecule has 96 valence electrons. The monoisotopic (exact) mass is 256 g/mol. The van der Waals surface area contributed by atoms with Gasteiger partial charge in [0, 0.05) is 6.54 Å². The molecule has 0 aliphatic heterocycles. The summed E-state index contributed by atoms with van der Waals surface area (Å²) in [5, 5.41) is 14.9. The molecule has 0 radical (unpaired) electrons. The summed E-state index contributed by atoms with van der Waals surface area (Å²) in [6.45, 7) is 5.04. The predicted octanol–water partition coefficient (Wildman–Crippen LogP) is 2.82. The molecule has 0 saturated heterocycles. The molecule has 0 spiro atoms. The van der Waals surface area contributed by atoms with E-state index in [1.54, 1.807) is 0 Å². The van der Waals surface area contributed by atoms with E-state index in [4.69, 9.17) is 11.6 Å². The standard InChI is InChI=1S/C13H21ClN2O/c1-3-11-13(14)12(16(4-2)15-11)8-9-5-6-10(17)7-9/h9-10,17H,3-8H2,1-2H3. The zero-order chi connectivity index (χ0) is 12.4. The molecule has 4 heteroatoms. The number of halogens is 1. The molecule has 1 aliphatic carbocycles. The summed E-state index contributed by atoms with van der Waals surface area (Å²) in [6, 6.07) is 0. The third-order valence-electron chi connectivity index (χ3n) is 3.69. The van der Waals surface area contributed by atoms with Crippen LogP contribution in [0.5, 0.6) is 0 Å². The van der Waals surface area contributed by atoms with Crippen molar-refractivity contribution in [3.63, 3.8) is 0 Å². The van der Waals surface area contributed by atoms with Gasteiger partial charge in [0.25, 0.3) is 0 Å². The lowest BCUT2D eigenvalue weighted by molar-refractivity contribution is 0.177. The van der Waals surface area contributed by atoms with Crippen LogP contribution in [0.3, 0.4) is 0 Å². The molecule has 2 atom stereocenters. The van der Waals surface area contributed by atoms with Gasteiger partial charge in [-0.3, -0.25) is 4.68 Å². The number of aliphatic hydroxyl groups is 1. The maximum atomic E-state index is 9.57. The van der Waals surface area contributed by atoms with E-state index in [1.807, 2.05) is 4.68 Å². The minimum absolute atomic E-state index is 0.109. The highest BCUT2D eigenvalue weighted by Gasteiger charge is 2.25. The van der Waals surface area contributed by atoms with Crippen molar-refractivity contribution in [1.29, 1.82) is 0 Å². The molecule has 1 N–H and O–H groups in total. The Kier molecular flexibility index (Phi) is 4.10. The summed E-state index contributed by atoms with van der Waals surface area (Å²) in [4.78, 5) is 0. The summed E-state index contributed by atoms with van der Waals surface area (Å²) in [5.41, 5.74) is 2.16. The Hall–Kier alpha value is -0.540. The Morgan fingerprint density at radius 2 is 2.18 bits per heavy atom. The van der Waals surface area contributed by atoms with Gasteiger partial charge in [-0.1, -0.05) is 18.5 Å². The van der Waals surface area contributed by atoms with Crippen LogP contribution in [0, 0.1) is 5.92 Å². The van der Waals surface area contributed by atoms with Gasteiger partial charge in [0.05, 0.1) is 22.5 Å². The number of aromatic nitrogens is 2. The van der Waals surface area contributed by atoms with Crippen molar-refractivity contribution in [2.24, 2.45) is 5.92 Å². The van der Waals surface area contributed by atoms with Crippen molar-refractivity contribution in [2.75, 3.05) is 0 Å².